The van der Waals surface area contributed by atoms with Gasteiger partial charge in [0.05, 0.1) is 37.6 Å². The number of amides is 1. The molecular formula is C29H19N3Na4O16S5. The van der Waals surface area contributed by atoms with Crippen molar-refractivity contribution in [3.05, 3.63) is 84.4 Å². The van der Waals surface area contributed by atoms with E-state index in [0.717, 1.165) is 42.5 Å². The minimum Gasteiger partial charge on any atom is -0.744 e. The van der Waals surface area contributed by atoms with Crippen molar-refractivity contribution >= 4 is 99.0 Å². The van der Waals surface area contributed by atoms with Gasteiger partial charge in [-0.1, -0.05) is 30.3 Å². The molecule has 0 aliphatic heterocycles. The number of fused-ring (bicyclic) bond motifs is 2. The first-order valence-electron chi connectivity index (χ1n) is 14.1. The molecule has 0 spiro atoms. The molecule has 0 bridgehead atoms. The number of rotatable bonds is 15. The molecular weight excluding hydrogens is 899 g/mol. The van der Waals surface area contributed by atoms with Crippen molar-refractivity contribution in [3.63, 3.8) is 0 Å². The number of benzene rings is 5. The second-order valence-corrected chi connectivity index (χ2v) is 16.4. The van der Waals surface area contributed by atoms with E-state index in [4.69, 9.17) is 4.18 Å². The Kier molecular flexibility index (Phi) is 22.9. The SMILES string of the molecule is O=C(Nc1cc(S(=O)(=O)[O-])cc2cc(SO[O-])c(N=Nc3ccc4cc(S(=O)(=O)CCOSOO[O-])ccc4c3S(=O)(=O)[O-])c(O)c12)c1ccccc1.[Na+].[Na+].[Na+].[Na+]. The van der Waals surface area contributed by atoms with E-state index in [-0.39, 0.29) is 185 Å². The van der Waals surface area contributed by atoms with Crippen molar-refractivity contribution < 1.29 is 191 Å². The first kappa shape index (κ1) is 54.7. The van der Waals surface area contributed by atoms with Gasteiger partial charge in [0, 0.05) is 28.4 Å². The first-order valence-corrected chi connectivity index (χ1v) is 20.0. The summed E-state index contributed by atoms with van der Waals surface area (Å²) in [5.74, 6) is -2.22. The number of hydrogen-bond acceptors (Lipinski definition) is 20. The maximum atomic E-state index is 13.0. The Morgan fingerprint density at radius 1 is 0.789 bits per heavy atom. The van der Waals surface area contributed by atoms with Gasteiger partial charge in [0.15, 0.2) is 27.9 Å². The van der Waals surface area contributed by atoms with Gasteiger partial charge in [-0.25, -0.2) is 25.3 Å². The zero-order valence-corrected chi connectivity index (χ0v) is 42.0. The Hall–Kier alpha value is -0.280. The van der Waals surface area contributed by atoms with Crippen LogP contribution in [0.5, 0.6) is 5.75 Å². The van der Waals surface area contributed by atoms with Crippen LogP contribution >= 0.6 is 24.4 Å². The quantitative estimate of drug-likeness (QED) is 0.0187. The minimum absolute atomic E-state index is 0. The van der Waals surface area contributed by atoms with Crippen LogP contribution in [0.3, 0.4) is 0 Å². The molecule has 0 saturated heterocycles. The van der Waals surface area contributed by atoms with E-state index in [1.165, 1.54) is 18.2 Å². The third-order valence-corrected chi connectivity index (χ3v) is 11.5. The van der Waals surface area contributed by atoms with E-state index in [1.54, 1.807) is 18.2 Å². The third-order valence-electron chi connectivity index (χ3n) is 7.15. The molecule has 0 saturated carbocycles. The van der Waals surface area contributed by atoms with Gasteiger partial charge in [-0.05, 0) is 59.3 Å². The molecule has 0 aromatic heterocycles. The van der Waals surface area contributed by atoms with Crippen LogP contribution in [0, 0.1) is 0 Å². The normalized spacial score (nSPS) is 11.6. The van der Waals surface area contributed by atoms with E-state index in [1.807, 2.05) is 0 Å². The van der Waals surface area contributed by atoms with Crippen molar-refractivity contribution in [2.24, 2.45) is 10.2 Å². The fourth-order valence-corrected chi connectivity index (χ4v) is 8.17. The van der Waals surface area contributed by atoms with Crippen LogP contribution in [0.2, 0.25) is 0 Å². The van der Waals surface area contributed by atoms with Crippen LogP contribution in [-0.2, 0) is 48.0 Å². The van der Waals surface area contributed by atoms with Crippen molar-refractivity contribution in [1.82, 2.24) is 0 Å². The molecule has 0 atom stereocenters. The molecule has 280 valence electrons. The molecule has 0 fully saturated rings. The molecule has 5 aromatic carbocycles. The van der Waals surface area contributed by atoms with Gasteiger partial charge < -0.3 is 34.4 Å². The van der Waals surface area contributed by atoms with Crippen LogP contribution in [0.25, 0.3) is 21.5 Å². The summed E-state index contributed by atoms with van der Waals surface area (Å²) in [7, 11) is -14.5. The number of nitrogens with zero attached hydrogens (tertiary/aromatic N) is 2. The minimum atomic E-state index is -5.37. The Morgan fingerprint density at radius 3 is 2.07 bits per heavy atom. The summed E-state index contributed by atoms with van der Waals surface area (Å²) in [5, 5.41) is 44.9. The monoisotopic (exact) mass is 917 g/mol. The zero-order valence-electron chi connectivity index (χ0n) is 29.9. The standard InChI is InChI=1S/C29H23N3O16S5.4Na/c33-27-25-18(13-20(52(39,40)41)15-23(25)30-29(34)16-4-2-1-3-5-16)14-24(49-47-36)26(27)32-31-22-9-6-17-12-19(7-8-21(17)28(22)53(42,43)44)51(37,38)11-10-45-50-48-46-35;;;;/h1-9,12-15,33,35-36H,10-11H2,(H,30,34)(H,39,40,41)(H,42,43,44);;;;/q;4*+1/p-4. The number of azo groups is 1. The molecule has 5 aromatic rings. The Bertz CT molecular complexity index is 2590. The number of phenolic OH excluding ortho intramolecular Hbond substituents is 1. The van der Waals surface area contributed by atoms with Gasteiger partial charge in [0.2, 0.25) is 0 Å². The van der Waals surface area contributed by atoms with Crippen LogP contribution in [-0.4, -0.2) is 57.7 Å². The van der Waals surface area contributed by atoms with Crippen molar-refractivity contribution in [2.45, 2.75) is 19.6 Å². The smallest absolute Gasteiger partial charge is 0.744 e. The van der Waals surface area contributed by atoms with E-state index >= 15 is 0 Å². The van der Waals surface area contributed by atoms with Gasteiger partial charge in [0.1, 0.15) is 31.6 Å². The number of nitrogens with one attached hydrogen (secondary N) is 1. The predicted octanol–water partition coefficient (Wildman–Crippen LogP) is -8.93. The average molecular weight is 918 g/mol. The predicted molar refractivity (Wildman–Crippen MR) is 179 cm³/mol. The van der Waals surface area contributed by atoms with Crippen molar-refractivity contribution in [1.29, 1.82) is 0 Å². The third kappa shape index (κ3) is 13.9. The van der Waals surface area contributed by atoms with Crippen LogP contribution in [0.15, 0.2) is 109 Å². The molecule has 0 unspecified atom stereocenters. The van der Waals surface area contributed by atoms with Crippen LogP contribution in [0.1, 0.15) is 10.4 Å². The largest absolute Gasteiger partial charge is 1.00 e. The van der Waals surface area contributed by atoms with Gasteiger partial charge in [0.25, 0.3) is 5.91 Å². The molecule has 2 N–H and O–H groups in total. The maximum Gasteiger partial charge on any atom is 1.00 e. The second-order valence-electron chi connectivity index (χ2n) is 10.4. The zero-order chi connectivity index (χ0) is 38.6. The Labute approximate surface area is 421 Å². The van der Waals surface area contributed by atoms with Crippen LogP contribution < -0.4 is 134 Å². The molecule has 19 nitrogen and oxygen atoms in total. The van der Waals surface area contributed by atoms with Gasteiger partial charge >= 0.3 is 118 Å². The number of anilines is 1. The summed E-state index contributed by atoms with van der Waals surface area (Å²) < 4.78 is 112. The Balaban J connectivity index is 0.00000406. The number of phenols is 1. The summed E-state index contributed by atoms with van der Waals surface area (Å²) in [5.41, 5.74) is -1.43. The molecule has 1 amide bonds. The summed E-state index contributed by atoms with van der Waals surface area (Å²) in [6.45, 7) is -0.438. The number of sulfone groups is 1. The molecule has 0 aliphatic carbocycles. The van der Waals surface area contributed by atoms with E-state index in [0.29, 0.717) is 0 Å². The van der Waals surface area contributed by atoms with Crippen LogP contribution in [0.4, 0.5) is 17.1 Å². The summed E-state index contributed by atoms with van der Waals surface area (Å²) in [6, 6.07) is 15.7. The van der Waals surface area contributed by atoms with Crippen molar-refractivity contribution in [2.75, 3.05) is 17.7 Å². The van der Waals surface area contributed by atoms with Crippen molar-refractivity contribution in [3.8, 4) is 5.75 Å². The summed E-state index contributed by atoms with van der Waals surface area (Å²) in [6.07, 6.45) is 0. The van der Waals surface area contributed by atoms with E-state index < -0.39 is 75.3 Å². The molecule has 0 aliphatic rings. The fourth-order valence-electron chi connectivity index (χ4n) is 4.92. The number of carbonyl (C=O) groups excluding carboxylic acids is 1. The summed E-state index contributed by atoms with van der Waals surface area (Å²) in [4.78, 5) is 10.7. The van der Waals surface area contributed by atoms with E-state index in [2.05, 4.69) is 29.3 Å². The number of hydrogen-bond donors (Lipinski definition) is 2. The Morgan fingerprint density at radius 2 is 1.46 bits per heavy atom. The number of aromatic hydroxyl groups is 1. The van der Waals surface area contributed by atoms with E-state index in [9.17, 15) is 54.8 Å². The second kappa shape index (κ2) is 23.8. The topological polar surface area (TPSA) is 306 Å². The molecule has 0 heterocycles. The number of carbonyl (C=O) groups is 1. The maximum absolute atomic E-state index is 13.0. The average Bonchev–Trinajstić information content (AvgIpc) is 3.10. The fraction of sp³-hybridized carbons (Fsp3) is 0.0690. The van der Waals surface area contributed by atoms with Gasteiger partial charge in [-0.2, -0.15) is 0 Å². The van der Waals surface area contributed by atoms with Gasteiger partial charge in [-0.15, -0.1) is 14.6 Å². The molecule has 0 radical (unpaired) electrons. The molecule has 5 rings (SSSR count). The first-order chi connectivity index (χ1) is 25.0. The molecule has 28 heteroatoms. The summed E-state index contributed by atoms with van der Waals surface area (Å²) >= 11 is 0.163. The molecule has 57 heavy (non-hydrogen) atoms. The van der Waals surface area contributed by atoms with Gasteiger partial charge in [-0.3, -0.25) is 14.0 Å².